The van der Waals surface area contributed by atoms with Crippen LogP contribution in [0.5, 0.6) is 0 Å². The monoisotopic (exact) mass is 573 g/mol. The van der Waals surface area contributed by atoms with Gasteiger partial charge in [0.05, 0.1) is 11.1 Å². The molecule has 220 valence electrons. The van der Waals surface area contributed by atoms with E-state index in [2.05, 4.69) is 11.1 Å². The van der Waals surface area contributed by atoms with Gasteiger partial charge in [0.1, 0.15) is 18.3 Å². The van der Waals surface area contributed by atoms with E-state index in [1.54, 1.807) is 55.6 Å². The third kappa shape index (κ3) is 4.08. The van der Waals surface area contributed by atoms with E-state index in [-0.39, 0.29) is 23.8 Å². The first-order valence-corrected chi connectivity index (χ1v) is 14.3. The van der Waals surface area contributed by atoms with Gasteiger partial charge >= 0.3 is 17.9 Å². The van der Waals surface area contributed by atoms with Gasteiger partial charge in [-0.3, -0.25) is 4.98 Å². The lowest BCUT2D eigenvalue weighted by Crippen LogP contribution is -2.75. The molecule has 7 atom stereocenters. The van der Waals surface area contributed by atoms with Crippen molar-refractivity contribution in [2.75, 3.05) is 6.61 Å². The first kappa shape index (κ1) is 28.2. The number of carbonyl (C=O) groups excluding carboxylic acids is 3. The molecule has 1 aromatic carbocycles. The topological polar surface area (TPSA) is 121 Å². The summed E-state index contributed by atoms with van der Waals surface area (Å²) in [5, 5.41) is 12.7. The summed E-state index contributed by atoms with van der Waals surface area (Å²) in [6, 6.07) is 11.8. The first-order chi connectivity index (χ1) is 20.0. The number of ether oxygens (including phenoxy) is 4. The Balaban J connectivity index is 1.48. The van der Waals surface area contributed by atoms with Crippen molar-refractivity contribution < 1.29 is 38.4 Å². The number of allylic oxidation sites excluding steroid dienone is 1. The van der Waals surface area contributed by atoms with Crippen LogP contribution in [0, 0.1) is 16.7 Å². The van der Waals surface area contributed by atoms with Crippen LogP contribution in [0.4, 0.5) is 0 Å². The molecule has 4 aliphatic rings. The average molecular weight is 574 g/mol. The molecule has 2 aliphatic heterocycles. The Morgan fingerprint density at radius 2 is 1.69 bits per heavy atom. The highest BCUT2D eigenvalue weighted by Gasteiger charge is 2.73. The maximum absolute atomic E-state index is 13.6. The van der Waals surface area contributed by atoms with Gasteiger partial charge in [-0.2, -0.15) is 0 Å². The highest BCUT2D eigenvalue weighted by atomic mass is 16.6. The Kier molecular flexibility index (Phi) is 6.76. The van der Waals surface area contributed by atoms with Gasteiger partial charge in [-0.1, -0.05) is 43.7 Å². The van der Waals surface area contributed by atoms with Gasteiger partial charge in [0.15, 0.2) is 12.2 Å². The zero-order chi connectivity index (χ0) is 29.9. The number of benzene rings is 1. The van der Waals surface area contributed by atoms with Crippen LogP contribution >= 0.6 is 0 Å². The minimum Gasteiger partial charge on any atom is -0.482 e. The summed E-state index contributed by atoms with van der Waals surface area (Å²) in [5.74, 6) is -1.87. The fourth-order valence-corrected chi connectivity index (χ4v) is 7.66. The highest BCUT2D eigenvalue weighted by Crippen LogP contribution is 2.66. The maximum Gasteiger partial charge on any atom is 0.374 e. The van der Waals surface area contributed by atoms with Crippen molar-refractivity contribution in [1.29, 1.82) is 0 Å². The normalized spacial score (nSPS) is 35.4. The molecule has 0 radical (unpaired) electrons. The van der Waals surface area contributed by atoms with E-state index in [0.29, 0.717) is 18.4 Å². The number of carbonyl (C=O) groups is 3. The molecule has 0 bridgehead atoms. The van der Waals surface area contributed by atoms with Crippen LogP contribution in [-0.2, 0) is 23.7 Å². The summed E-state index contributed by atoms with van der Waals surface area (Å²) in [7, 11) is 0. The maximum atomic E-state index is 13.6. The molecule has 9 nitrogen and oxygen atoms in total. The zero-order valence-electron chi connectivity index (χ0n) is 24.2. The number of fused-ring (bicyclic) bond motifs is 1. The van der Waals surface area contributed by atoms with Crippen molar-refractivity contribution in [3.8, 4) is 0 Å². The minimum atomic E-state index is -1.76. The standard InChI is InChI=1S/C33H35NO8/c1-19-10-8-14-23-31(19,2)26(41-29(36)21-13-9-15-34-17-21)27(42-28(35)20-11-6-5-7-12-20)33(4,38)32(23,3)24-16-22-18-39-30(37)25(22)40-24/h5-7,9-13,15,17,23-24,26-27,38H,8,14,16,18H2,1-4H3/t23-,24+,26-,27-,31-,32-,33-/m0/s1. The highest BCUT2D eigenvalue weighted by molar-refractivity contribution is 5.91. The largest absolute Gasteiger partial charge is 0.482 e. The summed E-state index contributed by atoms with van der Waals surface area (Å²) >= 11 is 0. The number of pyridine rings is 1. The van der Waals surface area contributed by atoms with Gasteiger partial charge in [0.25, 0.3) is 0 Å². The number of aromatic nitrogens is 1. The lowest BCUT2D eigenvalue weighted by atomic mass is 9.43. The lowest BCUT2D eigenvalue weighted by Gasteiger charge is -2.66. The van der Waals surface area contributed by atoms with Gasteiger partial charge in [0, 0.05) is 35.2 Å². The molecule has 42 heavy (non-hydrogen) atoms. The molecule has 0 amide bonds. The van der Waals surface area contributed by atoms with Gasteiger partial charge < -0.3 is 24.1 Å². The summed E-state index contributed by atoms with van der Waals surface area (Å²) in [6.07, 6.45) is 3.96. The van der Waals surface area contributed by atoms with Gasteiger partial charge in [-0.15, -0.1) is 0 Å². The minimum absolute atomic E-state index is 0.154. The number of nitrogens with zero attached hydrogens (tertiary/aromatic N) is 1. The molecular weight excluding hydrogens is 538 g/mol. The molecule has 2 aliphatic carbocycles. The van der Waals surface area contributed by atoms with Crippen molar-refractivity contribution in [3.63, 3.8) is 0 Å². The Morgan fingerprint density at radius 3 is 2.38 bits per heavy atom. The summed E-state index contributed by atoms with van der Waals surface area (Å²) < 4.78 is 23.9. The van der Waals surface area contributed by atoms with Crippen LogP contribution in [0.15, 0.2) is 77.8 Å². The third-order valence-electron chi connectivity index (χ3n) is 10.3. The number of hydrogen-bond donors (Lipinski definition) is 1. The molecule has 1 N–H and O–H groups in total. The Hall–Kier alpha value is -3.98. The quantitative estimate of drug-likeness (QED) is 0.312. The van der Waals surface area contributed by atoms with E-state index in [1.165, 1.54) is 6.20 Å². The fraction of sp³-hybridized carbons (Fsp3) is 0.455. The zero-order valence-corrected chi connectivity index (χ0v) is 24.2. The average Bonchev–Trinajstić information content (AvgIpc) is 3.58. The molecule has 1 saturated carbocycles. The summed E-state index contributed by atoms with van der Waals surface area (Å²) in [6.45, 7) is 7.71. The van der Waals surface area contributed by atoms with E-state index in [0.717, 1.165) is 17.6 Å². The van der Waals surface area contributed by atoms with Crippen molar-refractivity contribution in [2.45, 2.75) is 70.9 Å². The van der Waals surface area contributed by atoms with E-state index < -0.39 is 52.7 Å². The second kappa shape index (κ2) is 10.1. The van der Waals surface area contributed by atoms with Crippen LogP contribution < -0.4 is 0 Å². The number of rotatable bonds is 5. The predicted octanol–water partition coefficient (Wildman–Crippen LogP) is 4.57. The van der Waals surface area contributed by atoms with Crippen LogP contribution in [0.1, 0.15) is 67.7 Å². The molecule has 0 saturated heterocycles. The molecule has 9 heteroatoms. The Morgan fingerprint density at radius 1 is 1.00 bits per heavy atom. The van der Waals surface area contributed by atoms with Crippen molar-refractivity contribution in [3.05, 3.63) is 89.0 Å². The van der Waals surface area contributed by atoms with Crippen molar-refractivity contribution >= 4 is 17.9 Å². The predicted molar refractivity (Wildman–Crippen MR) is 150 cm³/mol. The van der Waals surface area contributed by atoms with Crippen LogP contribution in [-0.4, -0.2) is 58.5 Å². The SMILES string of the molecule is CC1=CCC[C@H]2[C@@]1(C)[C@@H](OC(=O)c1cccnc1)[C@H](OC(=O)c1ccccc1)[C@](C)(O)[C@]2(C)[C@H]1CC2=C(O1)C(=O)OC2. The smallest absolute Gasteiger partial charge is 0.374 e. The van der Waals surface area contributed by atoms with E-state index >= 15 is 0 Å². The lowest BCUT2D eigenvalue weighted by molar-refractivity contribution is -0.288. The van der Waals surface area contributed by atoms with Crippen LogP contribution in [0.2, 0.25) is 0 Å². The van der Waals surface area contributed by atoms with Crippen molar-refractivity contribution in [1.82, 2.24) is 4.98 Å². The molecule has 1 aromatic heterocycles. The van der Waals surface area contributed by atoms with Gasteiger partial charge in [-0.05, 0) is 56.9 Å². The van der Waals surface area contributed by atoms with E-state index in [4.69, 9.17) is 18.9 Å². The third-order valence-corrected chi connectivity index (χ3v) is 10.3. The van der Waals surface area contributed by atoms with Crippen molar-refractivity contribution in [2.24, 2.45) is 16.7 Å². The van der Waals surface area contributed by atoms with E-state index in [9.17, 15) is 19.5 Å². The van der Waals surface area contributed by atoms with Gasteiger partial charge in [-0.25, -0.2) is 14.4 Å². The number of aliphatic hydroxyl groups is 1. The number of cyclic esters (lactones) is 1. The second-order valence-corrected chi connectivity index (χ2v) is 12.3. The molecule has 2 aromatic rings. The van der Waals surface area contributed by atoms with E-state index in [1.807, 2.05) is 20.8 Å². The van der Waals surface area contributed by atoms with Crippen LogP contribution in [0.3, 0.4) is 0 Å². The number of esters is 3. The summed E-state index contributed by atoms with van der Waals surface area (Å²) in [4.78, 5) is 43.6. The Bertz CT molecular complexity index is 1480. The molecular formula is C33H35NO8. The molecule has 1 fully saturated rings. The van der Waals surface area contributed by atoms with Gasteiger partial charge in [0.2, 0.25) is 5.76 Å². The first-order valence-electron chi connectivity index (χ1n) is 14.3. The van der Waals surface area contributed by atoms with Crippen LogP contribution in [0.25, 0.3) is 0 Å². The molecule has 6 rings (SSSR count). The second-order valence-electron chi connectivity index (χ2n) is 12.3. The fourth-order valence-electron chi connectivity index (χ4n) is 7.66. The molecule has 0 unspecified atom stereocenters. The Labute approximate surface area is 244 Å². The number of hydrogen-bond acceptors (Lipinski definition) is 9. The molecule has 3 heterocycles. The molecule has 0 spiro atoms. The summed E-state index contributed by atoms with van der Waals surface area (Å²) in [5.41, 5.74) is -1.39.